The highest BCUT2D eigenvalue weighted by atomic mass is 16.1. The first kappa shape index (κ1) is 13.1. The first-order valence-electron chi connectivity index (χ1n) is 6.27. The van der Waals surface area contributed by atoms with Crippen molar-refractivity contribution >= 4 is 17.3 Å². The Balaban J connectivity index is 2.23. The molecule has 1 heterocycles. The molecule has 1 aromatic heterocycles. The Labute approximate surface area is 112 Å². The van der Waals surface area contributed by atoms with Gasteiger partial charge in [-0.3, -0.25) is 9.78 Å². The van der Waals surface area contributed by atoms with E-state index in [-0.39, 0.29) is 5.91 Å². The highest BCUT2D eigenvalue weighted by Crippen LogP contribution is 2.18. The second-order valence-electron chi connectivity index (χ2n) is 4.22. The number of hydrogen-bond acceptors (Lipinski definition) is 3. The number of aryl methyl sites for hydroxylation is 1. The van der Waals surface area contributed by atoms with Crippen molar-refractivity contribution in [1.29, 1.82) is 0 Å². The maximum absolute atomic E-state index is 12.3. The minimum Gasteiger partial charge on any atom is -0.385 e. The second-order valence-corrected chi connectivity index (χ2v) is 4.22. The maximum Gasteiger partial charge on any atom is 0.257 e. The molecule has 0 aliphatic carbocycles. The van der Waals surface area contributed by atoms with Crippen molar-refractivity contribution < 1.29 is 4.79 Å². The number of nitrogens with zero attached hydrogens (tertiary/aromatic N) is 1. The fourth-order valence-electron chi connectivity index (χ4n) is 1.83. The van der Waals surface area contributed by atoms with E-state index < -0.39 is 0 Å². The summed E-state index contributed by atoms with van der Waals surface area (Å²) in [6, 6.07) is 9.27. The Morgan fingerprint density at radius 1 is 1.21 bits per heavy atom. The van der Waals surface area contributed by atoms with E-state index in [2.05, 4.69) is 15.6 Å². The lowest BCUT2D eigenvalue weighted by molar-refractivity contribution is 0.102. The summed E-state index contributed by atoms with van der Waals surface area (Å²) in [7, 11) is 0. The summed E-state index contributed by atoms with van der Waals surface area (Å²) in [5, 5.41) is 6.09. The van der Waals surface area contributed by atoms with Crippen molar-refractivity contribution in [3.63, 3.8) is 0 Å². The van der Waals surface area contributed by atoms with E-state index in [1.807, 2.05) is 38.1 Å². The van der Waals surface area contributed by atoms with Crippen molar-refractivity contribution in [3.05, 3.63) is 53.9 Å². The first-order chi connectivity index (χ1) is 9.22. The van der Waals surface area contributed by atoms with Gasteiger partial charge in [0, 0.05) is 30.3 Å². The van der Waals surface area contributed by atoms with E-state index in [1.54, 1.807) is 18.5 Å². The lowest BCUT2D eigenvalue weighted by atomic mass is 10.1. The van der Waals surface area contributed by atoms with Crippen LogP contribution in [-0.2, 0) is 0 Å². The molecule has 19 heavy (non-hydrogen) atoms. The molecule has 2 rings (SSSR count). The second kappa shape index (κ2) is 6.00. The van der Waals surface area contributed by atoms with Crippen LogP contribution in [0.4, 0.5) is 11.4 Å². The van der Waals surface area contributed by atoms with Crippen molar-refractivity contribution in [3.8, 4) is 0 Å². The minimum absolute atomic E-state index is 0.120. The average molecular weight is 255 g/mol. The number of rotatable bonds is 4. The molecule has 0 spiro atoms. The number of benzene rings is 1. The quantitative estimate of drug-likeness (QED) is 0.882. The average Bonchev–Trinajstić information content (AvgIpc) is 2.42. The SMILES string of the molecule is CCNc1ccccc1C(=O)Nc1ccncc1C. The molecule has 0 bridgehead atoms. The first-order valence-corrected chi connectivity index (χ1v) is 6.27. The third-order valence-corrected chi connectivity index (χ3v) is 2.81. The molecule has 2 N–H and O–H groups in total. The van der Waals surface area contributed by atoms with Gasteiger partial charge >= 0.3 is 0 Å². The summed E-state index contributed by atoms with van der Waals surface area (Å²) in [5.74, 6) is -0.120. The van der Waals surface area contributed by atoms with Gasteiger partial charge in [-0.2, -0.15) is 0 Å². The summed E-state index contributed by atoms with van der Waals surface area (Å²) < 4.78 is 0. The summed E-state index contributed by atoms with van der Waals surface area (Å²) in [6.45, 7) is 4.69. The van der Waals surface area contributed by atoms with Crippen LogP contribution in [0.15, 0.2) is 42.7 Å². The number of aromatic nitrogens is 1. The highest BCUT2D eigenvalue weighted by Gasteiger charge is 2.11. The smallest absolute Gasteiger partial charge is 0.257 e. The van der Waals surface area contributed by atoms with Gasteiger partial charge < -0.3 is 10.6 Å². The van der Waals surface area contributed by atoms with Crippen LogP contribution >= 0.6 is 0 Å². The van der Waals surface area contributed by atoms with Gasteiger partial charge in [-0.05, 0) is 37.6 Å². The van der Waals surface area contributed by atoms with E-state index in [0.29, 0.717) is 5.56 Å². The Bertz CT molecular complexity index is 581. The van der Waals surface area contributed by atoms with Crippen molar-refractivity contribution in [2.45, 2.75) is 13.8 Å². The fraction of sp³-hybridized carbons (Fsp3) is 0.200. The van der Waals surface area contributed by atoms with Gasteiger partial charge in [0.2, 0.25) is 0 Å². The third kappa shape index (κ3) is 3.10. The molecule has 0 aliphatic rings. The largest absolute Gasteiger partial charge is 0.385 e. The normalized spacial score (nSPS) is 10.0. The lowest BCUT2D eigenvalue weighted by Crippen LogP contribution is -2.15. The van der Waals surface area contributed by atoms with E-state index in [9.17, 15) is 4.79 Å². The van der Waals surface area contributed by atoms with Gasteiger partial charge in [0.25, 0.3) is 5.91 Å². The molecule has 0 fully saturated rings. The summed E-state index contributed by atoms with van der Waals surface area (Å²) in [4.78, 5) is 16.3. The molecule has 0 saturated heterocycles. The molecule has 0 unspecified atom stereocenters. The van der Waals surface area contributed by atoms with Crippen LogP contribution in [0.2, 0.25) is 0 Å². The predicted molar refractivity (Wildman–Crippen MR) is 77.5 cm³/mol. The Morgan fingerprint density at radius 2 is 2.00 bits per heavy atom. The molecule has 1 amide bonds. The molecule has 0 radical (unpaired) electrons. The molecule has 98 valence electrons. The molecule has 4 nitrogen and oxygen atoms in total. The van der Waals surface area contributed by atoms with Crippen LogP contribution < -0.4 is 10.6 Å². The molecule has 0 atom stereocenters. The molecule has 4 heteroatoms. The van der Waals surface area contributed by atoms with Gasteiger partial charge in [-0.15, -0.1) is 0 Å². The standard InChI is InChI=1S/C15H17N3O/c1-3-17-14-7-5-4-6-12(14)15(19)18-13-8-9-16-10-11(13)2/h4-10,17H,3H2,1-2H3,(H,16,18,19). The highest BCUT2D eigenvalue weighted by molar-refractivity contribution is 6.08. The zero-order chi connectivity index (χ0) is 13.7. The number of nitrogens with one attached hydrogen (secondary N) is 2. The van der Waals surface area contributed by atoms with E-state index in [1.165, 1.54) is 0 Å². The van der Waals surface area contributed by atoms with E-state index >= 15 is 0 Å². The topological polar surface area (TPSA) is 54.0 Å². The number of carbonyl (C=O) groups excluding carboxylic acids is 1. The number of amides is 1. The Hall–Kier alpha value is -2.36. The van der Waals surface area contributed by atoms with Crippen LogP contribution in [-0.4, -0.2) is 17.4 Å². The Morgan fingerprint density at radius 3 is 2.74 bits per heavy atom. The molecule has 0 aliphatic heterocycles. The number of hydrogen-bond donors (Lipinski definition) is 2. The van der Waals surface area contributed by atoms with Gasteiger partial charge in [-0.1, -0.05) is 12.1 Å². The van der Waals surface area contributed by atoms with Crippen LogP contribution in [0, 0.1) is 6.92 Å². The maximum atomic E-state index is 12.3. The zero-order valence-electron chi connectivity index (χ0n) is 11.1. The van der Waals surface area contributed by atoms with Crippen LogP contribution in [0.5, 0.6) is 0 Å². The molecule has 1 aromatic carbocycles. The van der Waals surface area contributed by atoms with Gasteiger partial charge in [0.05, 0.1) is 5.56 Å². The van der Waals surface area contributed by atoms with Crippen LogP contribution in [0.25, 0.3) is 0 Å². The third-order valence-electron chi connectivity index (χ3n) is 2.81. The molecule has 0 saturated carbocycles. The zero-order valence-corrected chi connectivity index (χ0v) is 11.1. The van der Waals surface area contributed by atoms with Crippen molar-refractivity contribution in [1.82, 2.24) is 4.98 Å². The molecular formula is C15H17N3O. The van der Waals surface area contributed by atoms with E-state index in [4.69, 9.17) is 0 Å². The predicted octanol–water partition coefficient (Wildman–Crippen LogP) is 3.07. The molecule has 2 aromatic rings. The minimum atomic E-state index is -0.120. The van der Waals surface area contributed by atoms with Gasteiger partial charge in [-0.25, -0.2) is 0 Å². The van der Waals surface area contributed by atoms with E-state index in [0.717, 1.165) is 23.5 Å². The summed E-state index contributed by atoms with van der Waals surface area (Å²) in [6.07, 6.45) is 3.39. The van der Waals surface area contributed by atoms with Gasteiger partial charge in [0.15, 0.2) is 0 Å². The number of carbonyl (C=O) groups is 1. The van der Waals surface area contributed by atoms with Crippen molar-refractivity contribution in [2.75, 3.05) is 17.2 Å². The number of pyridine rings is 1. The van der Waals surface area contributed by atoms with Crippen LogP contribution in [0.1, 0.15) is 22.8 Å². The number of para-hydroxylation sites is 1. The Kier molecular flexibility index (Phi) is 4.13. The number of anilines is 2. The summed E-state index contributed by atoms with van der Waals surface area (Å²) >= 11 is 0. The fourth-order valence-corrected chi connectivity index (χ4v) is 1.83. The summed E-state index contributed by atoms with van der Waals surface area (Å²) in [5.41, 5.74) is 3.21. The van der Waals surface area contributed by atoms with Crippen molar-refractivity contribution in [2.24, 2.45) is 0 Å². The van der Waals surface area contributed by atoms with Crippen LogP contribution in [0.3, 0.4) is 0 Å². The van der Waals surface area contributed by atoms with Gasteiger partial charge in [0.1, 0.15) is 0 Å². The monoisotopic (exact) mass is 255 g/mol. The lowest BCUT2D eigenvalue weighted by Gasteiger charge is -2.12. The molecular weight excluding hydrogens is 238 g/mol.